The van der Waals surface area contributed by atoms with Gasteiger partial charge in [-0.15, -0.1) is 0 Å². The van der Waals surface area contributed by atoms with Crippen LogP contribution in [-0.2, 0) is 4.79 Å². The van der Waals surface area contributed by atoms with Gasteiger partial charge in [0.1, 0.15) is 0 Å². The second kappa shape index (κ2) is 3.47. The van der Waals surface area contributed by atoms with E-state index >= 15 is 0 Å². The highest BCUT2D eigenvalue weighted by Gasteiger charge is 2.53. The second-order valence-corrected chi connectivity index (χ2v) is 7.14. The van der Waals surface area contributed by atoms with Crippen molar-refractivity contribution in [2.75, 3.05) is 13.1 Å². The predicted molar refractivity (Wildman–Crippen MR) is 67.3 cm³/mol. The smallest absolute Gasteiger partial charge is 0.226 e. The molecule has 0 bridgehead atoms. The molecule has 2 N–H and O–H groups in total. The number of carbonyl (C=O) groups excluding carboxylic acids is 1. The van der Waals surface area contributed by atoms with Crippen molar-refractivity contribution in [3.8, 4) is 0 Å². The van der Waals surface area contributed by atoms with E-state index in [-0.39, 0.29) is 16.9 Å². The third kappa shape index (κ3) is 1.79. The van der Waals surface area contributed by atoms with E-state index in [1.54, 1.807) is 0 Å². The van der Waals surface area contributed by atoms with Gasteiger partial charge >= 0.3 is 0 Å². The van der Waals surface area contributed by atoms with Crippen LogP contribution >= 0.6 is 0 Å². The molecule has 3 heteroatoms. The largest absolute Gasteiger partial charge is 0.339 e. The summed E-state index contributed by atoms with van der Waals surface area (Å²) >= 11 is 0. The third-order valence-electron chi connectivity index (χ3n) is 5.23. The second-order valence-electron chi connectivity index (χ2n) is 7.14. The van der Waals surface area contributed by atoms with Crippen molar-refractivity contribution in [2.45, 2.75) is 51.5 Å². The quantitative estimate of drug-likeness (QED) is 0.794. The number of nitrogens with zero attached hydrogens (tertiary/aromatic N) is 1. The number of rotatable bonds is 2. The fraction of sp³-hybridized carbons (Fsp3) is 0.929. The summed E-state index contributed by atoms with van der Waals surface area (Å²) in [6.45, 7) is 6.09. The van der Waals surface area contributed by atoms with Gasteiger partial charge in [0.25, 0.3) is 0 Å². The highest BCUT2D eigenvalue weighted by Crippen LogP contribution is 2.47. The van der Waals surface area contributed by atoms with Crippen molar-refractivity contribution in [2.24, 2.45) is 23.0 Å². The topological polar surface area (TPSA) is 46.3 Å². The number of carbonyl (C=O) groups is 1. The van der Waals surface area contributed by atoms with E-state index < -0.39 is 0 Å². The normalized spacial score (nSPS) is 34.5. The molecule has 0 radical (unpaired) electrons. The molecule has 1 amide bonds. The number of nitrogens with two attached hydrogens (primary N) is 1. The Bertz CT molecular complexity index is 340. The van der Waals surface area contributed by atoms with Crippen molar-refractivity contribution in [1.82, 2.24) is 4.90 Å². The van der Waals surface area contributed by atoms with Crippen molar-refractivity contribution >= 4 is 5.91 Å². The van der Waals surface area contributed by atoms with Gasteiger partial charge in [0.05, 0.1) is 5.54 Å². The molecule has 1 saturated heterocycles. The van der Waals surface area contributed by atoms with Crippen LogP contribution in [0.5, 0.6) is 0 Å². The summed E-state index contributed by atoms with van der Waals surface area (Å²) < 4.78 is 0. The standard InChI is InChI=1S/C14H24N2O/c1-13(2)7-3-4-11(13)12(17)16-8-14(15,9-16)10-5-6-10/h10-11H,3-9,15H2,1-2H3. The number of likely N-dealkylation sites (tertiary alicyclic amines) is 1. The van der Waals surface area contributed by atoms with Gasteiger partial charge in [0.15, 0.2) is 0 Å². The highest BCUT2D eigenvalue weighted by molar-refractivity contribution is 5.81. The van der Waals surface area contributed by atoms with Crippen molar-refractivity contribution in [3.63, 3.8) is 0 Å². The number of hydrogen-bond acceptors (Lipinski definition) is 2. The van der Waals surface area contributed by atoms with Crippen LogP contribution in [0.2, 0.25) is 0 Å². The molecular formula is C14H24N2O. The van der Waals surface area contributed by atoms with E-state index in [4.69, 9.17) is 5.73 Å². The van der Waals surface area contributed by atoms with Crippen molar-refractivity contribution < 1.29 is 4.79 Å². The first kappa shape index (κ1) is 11.5. The summed E-state index contributed by atoms with van der Waals surface area (Å²) in [6, 6.07) is 0. The molecular weight excluding hydrogens is 212 g/mol. The van der Waals surface area contributed by atoms with E-state index in [9.17, 15) is 4.79 Å². The molecule has 0 aromatic carbocycles. The highest BCUT2D eigenvalue weighted by atomic mass is 16.2. The summed E-state index contributed by atoms with van der Waals surface area (Å²) in [7, 11) is 0. The third-order valence-corrected chi connectivity index (χ3v) is 5.23. The molecule has 3 fully saturated rings. The molecule has 0 spiro atoms. The molecule has 2 saturated carbocycles. The van der Waals surface area contributed by atoms with Crippen LogP contribution in [0.25, 0.3) is 0 Å². The molecule has 0 aromatic heterocycles. The van der Waals surface area contributed by atoms with E-state index in [1.807, 2.05) is 4.90 Å². The van der Waals surface area contributed by atoms with Gasteiger partial charge in [-0.1, -0.05) is 20.3 Å². The first-order valence-corrected chi connectivity index (χ1v) is 7.00. The molecule has 2 aliphatic carbocycles. The lowest BCUT2D eigenvalue weighted by Crippen LogP contribution is -2.70. The Balaban J connectivity index is 1.61. The van der Waals surface area contributed by atoms with Crippen LogP contribution in [0.4, 0.5) is 0 Å². The summed E-state index contributed by atoms with van der Waals surface area (Å²) in [5.41, 5.74) is 6.48. The monoisotopic (exact) mass is 236 g/mol. The Hall–Kier alpha value is -0.570. The lowest BCUT2D eigenvalue weighted by Gasteiger charge is -2.50. The van der Waals surface area contributed by atoms with E-state index in [1.165, 1.54) is 25.7 Å². The number of hydrogen-bond donors (Lipinski definition) is 1. The zero-order valence-corrected chi connectivity index (χ0v) is 11.0. The minimum absolute atomic E-state index is 0.0294. The SMILES string of the molecule is CC1(C)CCCC1C(=O)N1CC(N)(C2CC2)C1. The Morgan fingerprint density at radius 3 is 2.35 bits per heavy atom. The van der Waals surface area contributed by atoms with Gasteiger partial charge < -0.3 is 10.6 Å². The van der Waals surface area contributed by atoms with E-state index in [0.29, 0.717) is 11.8 Å². The first-order chi connectivity index (χ1) is 7.92. The summed E-state index contributed by atoms with van der Waals surface area (Å²) in [5, 5.41) is 0. The van der Waals surface area contributed by atoms with Gasteiger partial charge in [0.2, 0.25) is 5.91 Å². The summed E-state index contributed by atoms with van der Waals surface area (Å²) in [4.78, 5) is 14.5. The fourth-order valence-electron chi connectivity index (χ4n) is 3.74. The Morgan fingerprint density at radius 1 is 1.24 bits per heavy atom. The molecule has 17 heavy (non-hydrogen) atoms. The lowest BCUT2D eigenvalue weighted by molar-refractivity contribution is -0.146. The molecule has 96 valence electrons. The maximum Gasteiger partial charge on any atom is 0.226 e. The molecule has 1 atom stereocenters. The van der Waals surface area contributed by atoms with Crippen LogP contribution in [0, 0.1) is 17.3 Å². The number of amides is 1. The van der Waals surface area contributed by atoms with Crippen LogP contribution in [-0.4, -0.2) is 29.4 Å². The predicted octanol–water partition coefficient (Wildman–Crippen LogP) is 1.76. The minimum Gasteiger partial charge on any atom is -0.339 e. The van der Waals surface area contributed by atoms with Crippen molar-refractivity contribution in [1.29, 1.82) is 0 Å². The zero-order valence-electron chi connectivity index (χ0n) is 11.0. The lowest BCUT2D eigenvalue weighted by atomic mass is 9.78. The maximum absolute atomic E-state index is 12.4. The zero-order chi connectivity index (χ0) is 12.3. The first-order valence-electron chi connectivity index (χ1n) is 7.00. The average molecular weight is 236 g/mol. The van der Waals surface area contributed by atoms with Crippen LogP contribution in [0.3, 0.4) is 0 Å². The Kier molecular flexibility index (Phi) is 2.35. The summed E-state index contributed by atoms with van der Waals surface area (Å²) in [5.74, 6) is 1.31. The molecule has 3 nitrogen and oxygen atoms in total. The van der Waals surface area contributed by atoms with Crippen LogP contribution in [0.15, 0.2) is 0 Å². The van der Waals surface area contributed by atoms with Gasteiger partial charge in [-0.2, -0.15) is 0 Å². The van der Waals surface area contributed by atoms with Crippen LogP contribution in [0.1, 0.15) is 46.0 Å². The average Bonchev–Trinajstić information content (AvgIpc) is 2.98. The van der Waals surface area contributed by atoms with Crippen LogP contribution < -0.4 is 5.73 Å². The van der Waals surface area contributed by atoms with Gasteiger partial charge in [-0.05, 0) is 37.0 Å². The van der Waals surface area contributed by atoms with E-state index in [2.05, 4.69) is 13.8 Å². The minimum atomic E-state index is -0.0294. The molecule has 3 rings (SSSR count). The molecule has 3 aliphatic rings. The van der Waals surface area contributed by atoms with Gasteiger partial charge in [0, 0.05) is 19.0 Å². The maximum atomic E-state index is 12.4. The summed E-state index contributed by atoms with van der Waals surface area (Å²) in [6.07, 6.45) is 6.01. The Morgan fingerprint density at radius 2 is 1.88 bits per heavy atom. The molecule has 1 heterocycles. The molecule has 0 aromatic rings. The molecule has 1 unspecified atom stereocenters. The van der Waals surface area contributed by atoms with Crippen molar-refractivity contribution in [3.05, 3.63) is 0 Å². The Labute approximate surface area is 104 Å². The fourth-order valence-corrected chi connectivity index (χ4v) is 3.74. The van der Waals surface area contributed by atoms with Gasteiger partial charge in [-0.25, -0.2) is 0 Å². The molecule has 1 aliphatic heterocycles. The van der Waals surface area contributed by atoms with Gasteiger partial charge in [-0.3, -0.25) is 4.79 Å². The van der Waals surface area contributed by atoms with E-state index in [0.717, 1.165) is 19.5 Å².